The minimum Gasteiger partial charge on any atom is -0.319 e. The Morgan fingerprint density at radius 2 is 2.27 bits per heavy atom. The summed E-state index contributed by atoms with van der Waals surface area (Å²) in [5.41, 5.74) is 1.57. The SMILES string of the molecule is CC(=O)ON=Cc1cccn1-c1nccc(-c2cccs2)n1. The van der Waals surface area contributed by atoms with Gasteiger partial charge in [-0.3, -0.25) is 4.57 Å². The monoisotopic (exact) mass is 312 g/mol. The predicted octanol–water partition coefficient (Wildman–Crippen LogP) is 2.89. The van der Waals surface area contributed by atoms with Gasteiger partial charge in [0.1, 0.15) is 0 Å². The molecule has 0 spiro atoms. The van der Waals surface area contributed by atoms with E-state index in [1.54, 1.807) is 22.1 Å². The second-order valence-corrected chi connectivity index (χ2v) is 5.29. The Labute approximate surface area is 130 Å². The first-order chi connectivity index (χ1) is 10.7. The number of rotatable bonds is 4. The molecule has 0 atom stereocenters. The number of nitrogens with zero attached hydrogens (tertiary/aromatic N) is 4. The quantitative estimate of drug-likeness (QED) is 0.422. The zero-order valence-electron chi connectivity index (χ0n) is 11.7. The molecule has 0 N–H and O–H groups in total. The Hall–Kier alpha value is -2.80. The van der Waals surface area contributed by atoms with Gasteiger partial charge in [0.05, 0.1) is 22.5 Å². The van der Waals surface area contributed by atoms with E-state index < -0.39 is 5.97 Å². The maximum Gasteiger partial charge on any atom is 0.331 e. The van der Waals surface area contributed by atoms with Crippen LogP contribution in [0.1, 0.15) is 12.6 Å². The van der Waals surface area contributed by atoms with Crippen molar-refractivity contribution in [1.29, 1.82) is 0 Å². The van der Waals surface area contributed by atoms with E-state index in [4.69, 9.17) is 0 Å². The van der Waals surface area contributed by atoms with Gasteiger partial charge in [-0.2, -0.15) is 0 Å². The third-order valence-electron chi connectivity index (χ3n) is 2.78. The highest BCUT2D eigenvalue weighted by Gasteiger charge is 2.07. The topological polar surface area (TPSA) is 69.4 Å². The third-order valence-corrected chi connectivity index (χ3v) is 3.67. The van der Waals surface area contributed by atoms with Gasteiger partial charge in [0.2, 0.25) is 5.95 Å². The van der Waals surface area contributed by atoms with Gasteiger partial charge in [0.15, 0.2) is 0 Å². The van der Waals surface area contributed by atoms with Crippen molar-refractivity contribution in [3.8, 4) is 16.5 Å². The van der Waals surface area contributed by atoms with E-state index in [1.165, 1.54) is 13.1 Å². The van der Waals surface area contributed by atoms with Crippen LogP contribution < -0.4 is 0 Å². The molecule has 0 fully saturated rings. The highest BCUT2D eigenvalue weighted by atomic mass is 32.1. The summed E-state index contributed by atoms with van der Waals surface area (Å²) in [5, 5.41) is 5.63. The maximum atomic E-state index is 10.7. The van der Waals surface area contributed by atoms with Crippen LogP contribution in [0, 0.1) is 0 Å². The molecule has 3 heterocycles. The molecule has 3 rings (SSSR count). The Kier molecular flexibility index (Phi) is 4.06. The lowest BCUT2D eigenvalue weighted by Crippen LogP contribution is -2.04. The van der Waals surface area contributed by atoms with Gasteiger partial charge in [-0.15, -0.1) is 11.3 Å². The molecule has 0 radical (unpaired) electrons. The second-order valence-electron chi connectivity index (χ2n) is 4.34. The smallest absolute Gasteiger partial charge is 0.319 e. The molecule has 0 bridgehead atoms. The van der Waals surface area contributed by atoms with E-state index in [1.807, 2.05) is 41.9 Å². The molecule has 0 unspecified atom stereocenters. The molecule has 0 aliphatic rings. The summed E-state index contributed by atoms with van der Waals surface area (Å²) >= 11 is 1.62. The van der Waals surface area contributed by atoms with E-state index in [0.717, 1.165) is 10.6 Å². The van der Waals surface area contributed by atoms with Gasteiger partial charge < -0.3 is 4.84 Å². The first-order valence-corrected chi connectivity index (χ1v) is 7.37. The average Bonchev–Trinajstić information content (AvgIpc) is 3.19. The lowest BCUT2D eigenvalue weighted by atomic mass is 10.3. The largest absolute Gasteiger partial charge is 0.331 e. The Balaban J connectivity index is 1.92. The zero-order valence-corrected chi connectivity index (χ0v) is 12.5. The predicted molar refractivity (Wildman–Crippen MR) is 84.0 cm³/mol. The molecule has 7 heteroatoms. The van der Waals surface area contributed by atoms with Crippen molar-refractivity contribution in [2.45, 2.75) is 6.92 Å². The zero-order chi connectivity index (χ0) is 15.4. The molecule has 6 nitrogen and oxygen atoms in total. The number of oxime groups is 1. The van der Waals surface area contributed by atoms with Crippen LogP contribution in [0.25, 0.3) is 16.5 Å². The molecule has 0 saturated heterocycles. The van der Waals surface area contributed by atoms with Gasteiger partial charge in [0.25, 0.3) is 0 Å². The molecule has 0 amide bonds. The standard InChI is InChI=1S/C15H12N4O2S/c1-11(20)21-17-10-12-4-2-8-19(12)15-16-7-6-13(18-15)14-5-3-9-22-14/h2-10H,1H3. The summed E-state index contributed by atoms with van der Waals surface area (Å²) in [6.07, 6.45) is 4.98. The number of hydrogen-bond donors (Lipinski definition) is 0. The fraction of sp³-hybridized carbons (Fsp3) is 0.0667. The molecule has 0 aliphatic carbocycles. The van der Waals surface area contributed by atoms with Crippen LogP contribution >= 0.6 is 11.3 Å². The van der Waals surface area contributed by atoms with Crippen LogP contribution in [0.4, 0.5) is 0 Å². The molecule has 3 aromatic rings. The van der Waals surface area contributed by atoms with E-state index in [9.17, 15) is 4.79 Å². The highest BCUT2D eigenvalue weighted by Crippen LogP contribution is 2.22. The summed E-state index contributed by atoms with van der Waals surface area (Å²) in [5.74, 6) is 0.0606. The molecular weight excluding hydrogens is 300 g/mol. The van der Waals surface area contributed by atoms with E-state index in [0.29, 0.717) is 11.6 Å². The van der Waals surface area contributed by atoms with Crippen LogP contribution in [-0.2, 0) is 9.63 Å². The highest BCUT2D eigenvalue weighted by molar-refractivity contribution is 7.13. The molecule has 0 aromatic carbocycles. The normalized spacial score (nSPS) is 11.0. The van der Waals surface area contributed by atoms with Crippen molar-refractivity contribution in [2.24, 2.45) is 5.16 Å². The summed E-state index contributed by atoms with van der Waals surface area (Å²) in [7, 11) is 0. The van der Waals surface area contributed by atoms with Crippen molar-refractivity contribution in [3.05, 3.63) is 53.8 Å². The molecule has 0 aliphatic heterocycles. The van der Waals surface area contributed by atoms with Crippen LogP contribution in [0.15, 0.2) is 53.3 Å². The number of aromatic nitrogens is 3. The van der Waals surface area contributed by atoms with Gasteiger partial charge in [-0.1, -0.05) is 11.2 Å². The minimum atomic E-state index is -0.467. The lowest BCUT2D eigenvalue weighted by molar-refractivity contribution is -0.140. The van der Waals surface area contributed by atoms with E-state index in [2.05, 4.69) is 20.0 Å². The van der Waals surface area contributed by atoms with Crippen LogP contribution in [0.2, 0.25) is 0 Å². The summed E-state index contributed by atoms with van der Waals surface area (Å²) in [6.45, 7) is 1.30. The molecular formula is C15H12N4O2S. The summed E-state index contributed by atoms with van der Waals surface area (Å²) in [6, 6.07) is 9.53. The Bertz CT molecular complexity index is 809. The van der Waals surface area contributed by atoms with Gasteiger partial charge in [-0.25, -0.2) is 14.8 Å². The molecule has 110 valence electrons. The van der Waals surface area contributed by atoms with Gasteiger partial charge >= 0.3 is 5.97 Å². The third kappa shape index (κ3) is 3.09. The molecule has 3 aromatic heterocycles. The summed E-state index contributed by atoms with van der Waals surface area (Å²) in [4.78, 5) is 25.2. The van der Waals surface area contributed by atoms with Crippen LogP contribution in [0.5, 0.6) is 0 Å². The Morgan fingerprint density at radius 1 is 1.36 bits per heavy atom. The number of hydrogen-bond acceptors (Lipinski definition) is 6. The van der Waals surface area contributed by atoms with Crippen molar-refractivity contribution >= 4 is 23.5 Å². The van der Waals surface area contributed by atoms with Gasteiger partial charge in [0, 0.05) is 19.3 Å². The fourth-order valence-corrected chi connectivity index (χ4v) is 2.56. The number of carbonyl (C=O) groups is 1. The summed E-state index contributed by atoms with van der Waals surface area (Å²) < 4.78 is 1.77. The number of thiophene rings is 1. The van der Waals surface area contributed by atoms with Gasteiger partial charge in [-0.05, 0) is 29.6 Å². The number of carbonyl (C=O) groups excluding carboxylic acids is 1. The fourth-order valence-electron chi connectivity index (χ4n) is 1.86. The van der Waals surface area contributed by atoms with Crippen LogP contribution in [-0.4, -0.2) is 26.7 Å². The molecule has 22 heavy (non-hydrogen) atoms. The minimum absolute atomic E-state index is 0.467. The second kappa shape index (κ2) is 6.31. The van der Waals surface area contributed by atoms with Crippen molar-refractivity contribution in [1.82, 2.24) is 14.5 Å². The van der Waals surface area contributed by atoms with Crippen molar-refractivity contribution < 1.29 is 9.63 Å². The first-order valence-electron chi connectivity index (χ1n) is 6.49. The maximum absolute atomic E-state index is 10.7. The van der Waals surface area contributed by atoms with E-state index in [-0.39, 0.29) is 0 Å². The molecule has 0 saturated carbocycles. The van der Waals surface area contributed by atoms with Crippen molar-refractivity contribution in [2.75, 3.05) is 0 Å². The van der Waals surface area contributed by atoms with Crippen molar-refractivity contribution in [3.63, 3.8) is 0 Å². The lowest BCUT2D eigenvalue weighted by Gasteiger charge is -2.05. The van der Waals surface area contributed by atoms with E-state index >= 15 is 0 Å². The first kappa shape index (κ1) is 14.2. The Morgan fingerprint density at radius 3 is 3.05 bits per heavy atom. The van der Waals surface area contributed by atoms with Crippen LogP contribution in [0.3, 0.4) is 0 Å². The average molecular weight is 312 g/mol.